The average molecular weight is 390 g/mol. The minimum atomic E-state index is -1.79. The zero-order valence-corrected chi connectivity index (χ0v) is 13.5. The number of carbonyl (C=O) groups excluding carboxylic acids is 1. The monoisotopic (exact) mass is 390 g/mol. The summed E-state index contributed by atoms with van der Waals surface area (Å²) in [5.41, 5.74) is -1.24. The Morgan fingerprint density at radius 2 is 1.37 bits per heavy atom. The van der Waals surface area contributed by atoms with Gasteiger partial charge in [-0.3, -0.25) is 0 Å². The van der Waals surface area contributed by atoms with Crippen LogP contribution < -0.4 is 0 Å². The number of hydrogen-bond donors (Lipinski definition) is 8. The van der Waals surface area contributed by atoms with Crippen molar-refractivity contribution in [3.63, 3.8) is 0 Å². The molecule has 4 atom stereocenters. The van der Waals surface area contributed by atoms with Crippen molar-refractivity contribution in [2.75, 3.05) is 6.61 Å². The molecule has 8 N–H and O–H groups in total. The van der Waals surface area contributed by atoms with Gasteiger partial charge in [-0.25, -0.2) is 14.4 Å². The molecular formula is C15H18O12. The summed E-state index contributed by atoms with van der Waals surface area (Å²) < 4.78 is 0. The number of benzene rings is 1. The molecule has 0 spiro atoms. The molecule has 0 amide bonds. The maximum absolute atomic E-state index is 10.6. The number of carboxylic acid groups (broad SMARTS) is 3. The Bertz CT molecular complexity index is 685. The maximum atomic E-state index is 10.6. The second-order valence-corrected chi connectivity index (χ2v) is 5.03. The lowest BCUT2D eigenvalue weighted by Gasteiger charge is -2.22. The summed E-state index contributed by atoms with van der Waals surface area (Å²) in [4.78, 5) is 41.7. The van der Waals surface area contributed by atoms with Gasteiger partial charge in [0.15, 0.2) is 6.29 Å². The number of carbonyl (C=O) groups is 4. The van der Waals surface area contributed by atoms with Gasteiger partial charge in [-0.15, -0.1) is 0 Å². The van der Waals surface area contributed by atoms with Crippen LogP contribution in [0.25, 0.3) is 0 Å². The number of aliphatic hydroxyl groups is 5. The Morgan fingerprint density at radius 1 is 0.852 bits per heavy atom. The molecule has 1 rings (SSSR count). The highest BCUT2D eigenvalue weighted by molar-refractivity contribution is 6.03. The standard InChI is InChI=1S/C9H6O6.C6H12O6/c10-7(11)4-1-2-5(8(12)13)6(3-4)9(14)15;7-1-3(9)5(11)6(12)4(10)2-8/h1-3H,(H,10,11)(H,12,13)(H,14,15);1,3-6,8-12H,2H2. The van der Waals surface area contributed by atoms with E-state index in [1.54, 1.807) is 0 Å². The number of carboxylic acids is 3. The second kappa shape index (κ2) is 10.9. The molecule has 150 valence electrons. The molecule has 0 saturated heterocycles. The van der Waals surface area contributed by atoms with E-state index in [0.717, 1.165) is 18.2 Å². The van der Waals surface area contributed by atoms with Gasteiger partial charge in [-0.05, 0) is 18.2 Å². The lowest BCUT2D eigenvalue weighted by atomic mass is 10.0. The van der Waals surface area contributed by atoms with Crippen LogP contribution in [0.2, 0.25) is 0 Å². The fourth-order valence-corrected chi connectivity index (χ4v) is 1.66. The molecule has 12 nitrogen and oxygen atoms in total. The van der Waals surface area contributed by atoms with Gasteiger partial charge in [0.05, 0.1) is 23.3 Å². The van der Waals surface area contributed by atoms with Gasteiger partial charge in [-0.1, -0.05) is 0 Å². The van der Waals surface area contributed by atoms with Crippen molar-refractivity contribution in [3.05, 3.63) is 34.9 Å². The molecule has 0 aliphatic heterocycles. The minimum absolute atomic E-state index is 0.0258. The van der Waals surface area contributed by atoms with E-state index in [9.17, 15) is 19.2 Å². The van der Waals surface area contributed by atoms with Crippen LogP contribution in [-0.4, -0.2) is 96.1 Å². The largest absolute Gasteiger partial charge is 0.478 e. The van der Waals surface area contributed by atoms with Crippen molar-refractivity contribution in [2.24, 2.45) is 0 Å². The van der Waals surface area contributed by atoms with Crippen LogP contribution in [0, 0.1) is 0 Å². The summed E-state index contributed by atoms with van der Waals surface area (Å²) >= 11 is 0. The fourth-order valence-electron chi connectivity index (χ4n) is 1.66. The molecule has 0 bridgehead atoms. The van der Waals surface area contributed by atoms with E-state index >= 15 is 0 Å². The van der Waals surface area contributed by atoms with E-state index in [2.05, 4.69) is 0 Å². The first-order chi connectivity index (χ1) is 12.5. The van der Waals surface area contributed by atoms with Gasteiger partial charge in [0, 0.05) is 0 Å². The van der Waals surface area contributed by atoms with Crippen molar-refractivity contribution in [1.29, 1.82) is 0 Å². The maximum Gasteiger partial charge on any atom is 0.336 e. The zero-order valence-electron chi connectivity index (χ0n) is 13.5. The predicted molar refractivity (Wildman–Crippen MR) is 84.5 cm³/mol. The van der Waals surface area contributed by atoms with Crippen LogP contribution in [0.1, 0.15) is 31.1 Å². The Morgan fingerprint density at radius 3 is 1.74 bits per heavy atom. The highest BCUT2D eigenvalue weighted by atomic mass is 16.4. The highest BCUT2D eigenvalue weighted by Gasteiger charge is 2.29. The molecule has 0 aliphatic rings. The van der Waals surface area contributed by atoms with E-state index in [4.69, 9.17) is 40.9 Å². The summed E-state index contributed by atoms with van der Waals surface area (Å²) in [5, 5.41) is 69.4. The molecule has 0 fully saturated rings. The lowest BCUT2D eigenvalue weighted by molar-refractivity contribution is -0.136. The van der Waals surface area contributed by atoms with E-state index in [1.807, 2.05) is 0 Å². The quantitative estimate of drug-likeness (QED) is 0.214. The predicted octanol–water partition coefficient (Wildman–Crippen LogP) is -2.60. The van der Waals surface area contributed by atoms with E-state index in [0.29, 0.717) is 0 Å². The minimum Gasteiger partial charge on any atom is -0.478 e. The van der Waals surface area contributed by atoms with Crippen LogP contribution in [0.5, 0.6) is 0 Å². The Hall–Kier alpha value is -2.90. The third-order valence-corrected chi connectivity index (χ3v) is 3.15. The zero-order chi connectivity index (χ0) is 21.3. The highest BCUT2D eigenvalue weighted by Crippen LogP contribution is 2.12. The topological polar surface area (TPSA) is 230 Å². The molecule has 1 aromatic rings. The summed E-state index contributed by atoms with van der Waals surface area (Å²) in [5.74, 6) is -4.20. The smallest absolute Gasteiger partial charge is 0.336 e. The number of rotatable bonds is 8. The first-order valence-corrected chi connectivity index (χ1v) is 7.10. The summed E-state index contributed by atoms with van der Waals surface area (Å²) in [6, 6.07) is 2.81. The molecule has 1 aromatic carbocycles. The van der Waals surface area contributed by atoms with Crippen LogP contribution in [0.3, 0.4) is 0 Å². The van der Waals surface area contributed by atoms with Gasteiger partial charge in [0.1, 0.15) is 24.4 Å². The van der Waals surface area contributed by atoms with Crippen LogP contribution >= 0.6 is 0 Å². The SMILES string of the molecule is O=C(O)c1ccc(C(=O)O)c(C(=O)O)c1.O=CC(O)C(O)C(O)C(O)CO. The molecule has 27 heavy (non-hydrogen) atoms. The molecule has 12 heteroatoms. The van der Waals surface area contributed by atoms with Crippen molar-refractivity contribution in [1.82, 2.24) is 0 Å². The average Bonchev–Trinajstić information content (AvgIpc) is 2.65. The van der Waals surface area contributed by atoms with Gasteiger partial charge in [-0.2, -0.15) is 0 Å². The molecule has 4 unspecified atom stereocenters. The number of aldehydes is 1. The summed E-state index contributed by atoms with van der Waals surface area (Å²) in [6.07, 6.45) is -6.84. The first kappa shape index (κ1) is 24.1. The van der Waals surface area contributed by atoms with Gasteiger partial charge in [0.2, 0.25) is 0 Å². The van der Waals surface area contributed by atoms with Crippen LogP contribution in [0.4, 0.5) is 0 Å². The van der Waals surface area contributed by atoms with Crippen molar-refractivity contribution in [3.8, 4) is 0 Å². The Kier molecular flexibility index (Phi) is 9.77. The summed E-state index contributed by atoms with van der Waals surface area (Å²) in [6.45, 7) is -0.760. The van der Waals surface area contributed by atoms with E-state index in [-0.39, 0.29) is 11.8 Å². The van der Waals surface area contributed by atoms with Crippen molar-refractivity contribution >= 4 is 24.2 Å². The fraction of sp³-hybridized carbons (Fsp3) is 0.333. The van der Waals surface area contributed by atoms with Crippen LogP contribution in [0.15, 0.2) is 18.2 Å². The van der Waals surface area contributed by atoms with Gasteiger partial charge >= 0.3 is 17.9 Å². The third-order valence-electron chi connectivity index (χ3n) is 3.15. The molecule has 0 heterocycles. The molecular weight excluding hydrogens is 372 g/mol. The Balaban J connectivity index is 0.000000516. The third kappa shape index (κ3) is 7.08. The van der Waals surface area contributed by atoms with Crippen LogP contribution in [-0.2, 0) is 4.79 Å². The van der Waals surface area contributed by atoms with E-state index in [1.165, 1.54) is 0 Å². The van der Waals surface area contributed by atoms with Crippen molar-refractivity contribution < 1.29 is 60.0 Å². The molecule has 0 radical (unpaired) electrons. The van der Waals surface area contributed by atoms with Gasteiger partial charge in [0.25, 0.3) is 0 Å². The second-order valence-electron chi connectivity index (χ2n) is 5.03. The number of aromatic carboxylic acids is 3. The summed E-state index contributed by atoms with van der Waals surface area (Å²) in [7, 11) is 0. The lowest BCUT2D eigenvalue weighted by Crippen LogP contribution is -2.46. The van der Waals surface area contributed by atoms with E-state index < -0.39 is 60.1 Å². The first-order valence-electron chi connectivity index (χ1n) is 7.10. The number of aliphatic hydroxyl groups excluding tert-OH is 5. The Labute approximate surface area is 151 Å². The normalized spacial score (nSPS) is 14.7. The molecule has 0 saturated carbocycles. The molecule has 0 aliphatic carbocycles. The van der Waals surface area contributed by atoms with Gasteiger partial charge < -0.3 is 45.6 Å². The number of hydrogen-bond acceptors (Lipinski definition) is 9. The van der Waals surface area contributed by atoms with Crippen molar-refractivity contribution in [2.45, 2.75) is 24.4 Å². The molecule has 0 aromatic heterocycles.